The fraction of sp³-hybridized carbons (Fsp3) is 0.400. The Morgan fingerprint density at radius 2 is 2.04 bits per heavy atom. The highest BCUT2D eigenvalue weighted by Crippen LogP contribution is 2.32. The van der Waals surface area contributed by atoms with Crippen molar-refractivity contribution in [3.63, 3.8) is 0 Å². The normalized spacial score (nSPS) is 19.5. The van der Waals surface area contributed by atoms with Crippen LogP contribution < -0.4 is 10.9 Å². The van der Waals surface area contributed by atoms with E-state index in [0.29, 0.717) is 6.54 Å². The number of fused-ring (bicyclic) bond motifs is 1. The van der Waals surface area contributed by atoms with E-state index in [-0.39, 0.29) is 24.6 Å². The van der Waals surface area contributed by atoms with Crippen molar-refractivity contribution in [2.45, 2.75) is 32.2 Å². The number of aryl methyl sites for hydroxylation is 1. The summed E-state index contributed by atoms with van der Waals surface area (Å²) < 4.78 is 30.8. The lowest BCUT2D eigenvalue weighted by Crippen LogP contribution is -2.44. The summed E-state index contributed by atoms with van der Waals surface area (Å²) in [6, 6.07) is 7.05. The summed E-state index contributed by atoms with van der Waals surface area (Å²) in [4.78, 5) is 11.8. The van der Waals surface area contributed by atoms with Crippen LogP contribution in [0.25, 0.3) is 22.0 Å². The second-order valence-electron chi connectivity index (χ2n) is 7.41. The highest BCUT2D eigenvalue weighted by molar-refractivity contribution is 5.87. The number of benzene rings is 1. The Labute approximate surface area is 155 Å². The standard InChI is InChI=1S/C20H22F2N4O/c1-12-6-14(17-4-5-18(27)25(3)13(17)2)7-15-10-26(24-19(12)15)16-8-20(21,22)11-23-9-16/h4-7,10,16,23H,8-9,11H2,1-3H3. The van der Waals surface area contributed by atoms with Crippen LogP contribution in [-0.4, -0.2) is 33.4 Å². The van der Waals surface area contributed by atoms with Crippen LogP contribution in [0.1, 0.15) is 23.7 Å². The van der Waals surface area contributed by atoms with Crippen LogP contribution in [0.4, 0.5) is 8.78 Å². The summed E-state index contributed by atoms with van der Waals surface area (Å²) in [5.41, 5.74) is 4.58. The van der Waals surface area contributed by atoms with Gasteiger partial charge in [-0.2, -0.15) is 5.10 Å². The first-order valence-corrected chi connectivity index (χ1v) is 9.00. The zero-order chi connectivity index (χ0) is 19.3. The van der Waals surface area contributed by atoms with E-state index >= 15 is 0 Å². The van der Waals surface area contributed by atoms with Crippen molar-refractivity contribution < 1.29 is 8.78 Å². The fourth-order valence-electron chi connectivity index (χ4n) is 3.81. The molecular formula is C20H22F2N4O. The first-order chi connectivity index (χ1) is 12.7. The molecule has 0 aliphatic carbocycles. The van der Waals surface area contributed by atoms with Crippen molar-refractivity contribution in [2.75, 3.05) is 13.1 Å². The van der Waals surface area contributed by atoms with Crippen LogP contribution in [0.3, 0.4) is 0 Å². The van der Waals surface area contributed by atoms with Gasteiger partial charge in [0.15, 0.2) is 0 Å². The van der Waals surface area contributed by atoms with Crippen LogP contribution in [0, 0.1) is 13.8 Å². The molecule has 1 unspecified atom stereocenters. The summed E-state index contributed by atoms with van der Waals surface area (Å²) in [6.45, 7) is 4.08. The number of nitrogens with zero attached hydrogens (tertiary/aromatic N) is 3. The van der Waals surface area contributed by atoms with Gasteiger partial charge in [0.05, 0.1) is 18.1 Å². The monoisotopic (exact) mass is 372 g/mol. The Morgan fingerprint density at radius 1 is 1.26 bits per heavy atom. The molecule has 1 aromatic carbocycles. The van der Waals surface area contributed by atoms with E-state index in [0.717, 1.165) is 33.3 Å². The zero-order valence-electron chi connectivity index (χ0n) is 15.6. The van der Waals surface area contributed by atoms with Gasteiger partial charge in [0.1, 0.15) is 0 Å². The minimum absolute atomic E-state index is 0.0485. The molecule has 1 aliphatic heterocycles. The molecule has 2 aromatic heterocycles. The second-order valence-corrected chi connectivity index (χ2v) is 7.41. The molecule has 3 heterocycles. The molecule has 1 fully saturated rings. The van der Waals surface area contributed by atoms with Gasteiger partial charge in [-0.05, 0) is 43.2 Å². The molecule has 4 rings (SSSR count). The number of pyridine rings is 1. The van der Waals surface area contributed by atoms with Gasteiger partial charge in [-0.25, -0.2) is 8.78 Å². The molecule has 0 radical (unpaired) electrons. The average Bonchev–Trinajstić information content (AvgIpc) is 3.04. The maximum absolute atomic E-state index is 13.7. The molecule has 1 atom stereocenters. The third kappa shape index (κ3) is 3.16. The molecule has 0 spiro atoms. The van der Waals surface area contributed by atoms with E-state index in [1.807, 2.05) is 38.2 Å². The minimum Gasteiger partial charge on any atom is -0.315 e. The first-order valence-electron chi connectivity index (χ1n) is 9.00. The van der Waals surface area contributed by atoms with Gasteiger partial charge >= 0.3 is 0 Å². The van der Waals surface area contributed by atoms with Crippen molar-refractivity contribution in [2.24, 2.45) is 7.05 Å². The predicted octanol–water partition coefficient (Wildman–Crippen LogP) is 3.19. The van der Waals surface area contributed by atoms with Crippen LogP contribution in [0.15, 0.2) is 35.3 Å². The molecular weight excluding hydrogens is 350 g/mol. The molecule has 1 saturated heterocycles. The maximum atomic E-state index is 13.7. The van der Waals surface area contributed by atoms with E-state index in [2.05, 4.69) is 10.4 Å². The topological polar surface area (TPSA) is 51.9 Å². The third-order valence-corrected chi connectivity index (χ3v) is 5.42. The molecule has 0 amide bonds. The molecule has 3 aromatic rings. The van der Waals surface area contributed by atoms with Crippen molar-refractivity contribution in [3.05, 3.63) is 52.1 Å². The second kappa shape index (κ2) is 6.27. The van der Waals surface area contributed by atoms with Crippen LogP contribution in [0.2, 0.25) is 0 Å². The predicted molar refractivity (Wildman–Crippen MR) is 101 cm³/mol. The highest BCUT2D eigenvalue weighted by atomic mass is 19.3. The van der Waals surface area contributed by atoms with Crippen molar-refractivity contribution in [3.8, 4) is 11.1 Å². The van der Waals surface area contributed by atoms with Crippen molar-refractivity contribution >= 4 is 10.9 Å². The Kier molecular flexibility index (Phi) is 4.14. The quantitative estimate of drug-likeness (QED) is 0.752. The van der Waals surface area contributed by atoms with E-state index < -0.39 is 5.92 Å². The van der Waals surface area contributed by atoms with E-state index in [9.17, 15) is 13.6 Å². The molecule has 1 N–H and O–H groups in total. The van der Waals surface area contributed by atoms with Gasteiger partial charge in [-0.15, -0.1) is 0 Å². The lowest BCUT2D eigenvalue weighted by Gasteiger charge is -2.29. The number of nitrogens with one attached hydrogen (secondary N) is 1. The van der Waals surface area contributed by atoms with Crippen LogP contribution in [0.5, 0.6) is 0 Å². The number of aromatic nitrogens is 3. The van der Waals surface area contributed by atoms with Gasteiger partial charge in [-0.1, -0.05) is 0 Å². The number of piperidine rings is 1. The van der Waals surface area contributed by atoms with Crippen LogP contribution >= 0.6 is 0 Å². The summed E-state index contributed by atoms with van der Waals surface area (Å²) in [5.74, 6) is -2.72. The number of hydrogen-bond acceptors (Lipinski definition) is 3. The SMILES string of the molecule is Cc1cc(-c2ccc(=O)n(C)c2C)cc2cn(C3CNCC(F)(F)C3)nc12. The van der Waals surface area contributed by atoms with Crippen molar-refractivity contribution in [1.29, 1.82) is 0 Å². The Bertz CT molecular complexity index is 1080. The summed E-state index contributed by atoms with van der Waals surface area (Å²) in [7, 11) is 1.75. The smallest absolute Gasteiger partial charge is 0.262 e. The third-order valence-electron chi connectivity index (χ3n) is 5.42. The van der Waals surface area contributed by atoms with Crippen molar-refractivity contribution in [1.82, 2.24) is 19.7 Å². The largest absolute Gasteiger partial charge is 0.315 e. The molecule has 1 aliphatic rings. The zero-order valence-corrected chi connectivity index (χ0v) is 15.6. The Balaban J connectivity index is 1.79. The first kappa shape index (κ1) is 17.9. The lowest BCUT2D eigenvalue weighted by atomic mass is 10.00. The van der Waals surface area contributed by atoms with Gasteiger partial charge in [0.2, 0.25) is 5.56 Å². The molecule has 7 heteroatoms. The Morgan fingerprint density at radius 3 is 2.78 bits per heavy atom. The summed E-state index contributed by atoms with van der Waals surface area (Å²) in [6.07, 6.45) is 1.64. The molecule has 0 bridgehead atoms. The van der Waals surface area contributed by atoms with Gasteiger partial charge in [0.25, 0.3) is 5.92 Å². The van der Waals surface area contributed by atoms with Gasteiger partial charge in [-0.3, -0.25) is 9.48 Å². The highest BCUT2D eigenvalue weighted by Gasteiger charge is 2.37. The number of hydrogen-bond donors (Lipinski definition) is 1. The van der Waals surface area contributed by atoms with Gasteiger partial charge in [0, 0.05) is 48.9 Å². The van der Waals surface area contributed by atoms with E-state index in [1.165, 1.54) is 0 Å². The number of rotatable bonds is 2. The summed E-state index contributed by atoms with van der Waals surface area (Å²) >= 11 is 0. The van der Waals surface area contributed by atoms with Gasteiger partial charge < -0.3 is 9.88 Å². The summed E-state index contributed by atoms with van der Waals surface area (Å²) in [5, 5.41) is 8.28. The molecule has 142 valence electrons. The molecule has 5 nitrogen and oxygen atoms in total. The van der Waals surface area contributed by atoms with E-state index in [4.69, 9.17) is 0 Å². The average molecular weight is 372 g/mol. The fourth-order valence-corrected chi connectivity index (χ4v) is 3.81. The van der Waals surface area contributed by atoms with E-state index in [1.54, 1.807) is 22.4 Å². The minimum atomic E-state index is -2.72. The molecule has 0 saturated carbocycles. The maximum Gasteiger partial charge on any atom is 0.262 e. The molecule has 27 heavy (non-hydrogen) atoms. The Hall–Kier alpha value is -2.54. The number of halogens is 2. The van der Waals surface area contributed by atoms with Crippen LogP contribution in [-0.2, 0) is 7.05 Å². The lowest BCUT2D eigenvalue weighted by molar-refractivity contribution is -0.0380. The number of alkyl halides is 2.